The summed E-state index contributed by atoms with van der Waals surface area (Å²) in [4.78, 5) is 0. The maximum absolute atomic E-state index is 3.06. The van der Waals surface area contributed by atoms with Crippen molar-refractivity contribution in [3.05, 3.63) is 90.5 Å². The van der Waals surface area contributed by atoms with Crippen molar-refractivity contribution in [3.8, 4) is 11.1 Å². The summed E-state index contributed by atoms with van der Waals surface area (Å²) in [5, 5.41) is 1.16. The summed E-state index contributed by atoms with van der Waals surface area (Å²) in [5.41, 5.74) is 3.96. The molecule has 20 heavy (non-hydrogen) atoms. The Hall–Kier alpha value is -1.82. The topological polar surface area (TPSA) is 0 Å². The van der Waals surface area contributed by atoms with E-state index in [2.05, 4.69) is 72.8 Å². The van der Waals surface area contributed by atoms with Crippen LogP contribution in [-0.4, -0.2) is 15.0 Å². The molecule has 0 aliphatic rings. The quantitative estimate of drug-likeness (QED) is 0.643. The minimum atomic E-state index is 0.504. The van der Waals surface area contributed by atoms with Crippen LogP contribution in [0.4, 0.5) is 0 Å². The first-order valence-electron chi connectivity index (χ1n) is 6.65. The van der Waals surface area contributed by atoms with Crippen molar-refractivity contribution < 1.29 is 0 Å². The summed E-state index contributed by atoms with van der Waals surface area (Å²) in [5.74, 6) is 0. The third-order valence-corrected chi connectivity index (χ3v) is 5.43. The fourth-order valence-corrected chi connectivity index (χ4v) is 3.86. The molecule has 0 amide bonds. The number of hydrogen-bond donors (Lipinski definition) is 0. The van der Waals surface area contributed by atoms with Crippen molar-refractivity contribution in [2.45, 2.75) is 5.32 Å². The molecule has 0 nitrogen and oxygen atoms in total. The Morgan fingerprint density at radius 1 is 0.700 bits per heavy atom. The predicted octanol–water partition coefficient (Wildman–Crippen LogP) is 3.68. The third kappa shape index (κ3) is 3.39. The van der Waals surface area contributed by atoms with Gasteiger partial charge in [0.1, 0.15) is 0 Å². The molecule has 0 heterocycles. The molecule has 0 aromatic heterocycles. The van der Waals surface area contributed by atoms with Gasteiger partial charge in [0.05, 0.1) is 0 Å². The molecule has 0 aliphatic carbocycles. The van der Waals surface area contributed by atoms with E-state index in [-0.39, 0.29) is 0 Å². The molecule has 0 saturated carbocycles. The van der Waals surface area contributed by atoms with E-state index in [1.165, 1.54) is 21.2 Å². The molecule has 0 N–H and O–H groups in total. The Kier molecular flexibility index (Phi) is 4.32. The van der Waals surface area contributed by atoms with Crippen molar-refractivity contribution in [1.29, 1.82) is 0 Å². The van der Waals surface area contributed by atoms with Crippen LogP contribution in [0.1, 0.15) is 5.56 Å². The van der Waals surface area contributed by atoms with Crippen LogP contribution >= 0.6 is 0 Å². The molecule has 0 atom stereocenters. The van der Waals surface area contributed by atoms with E-state index >= 15 is 0 Å². The van der Waals surface area contributed by atoms with Crippen molar-refractivity contribution in [1.82, 2.24) is 0 Å². The Labute approximate surface area is 126 Å². The van der Waals surface area contributed by atoms with Crippen LogP contribution in [0.2, 0.25) is 0 Å². The van der Waals surface area contributed by atoms with Crippen molar-refractivity contribution in [2.24, 2.45) is 0 Å². The molecular formula is C19H15Se. The second-order valence-corrected chi connectivity index (χ2v) is 6.79. The van der Waals surface area contributed by atoms with Gasteiger partial charge < -0.3 is 0 Å². The average Bonchev–Trinajstić information content (AvgIpc) is 2.55. The Morgan fingerprint density at radius 3 is 2.05 bits per heavy atom. The molecule has 0 fully saturated rings. The van der Waals surface area contributed by atoms with E-state index in [0.29, 0.717) is 15.0 Å². The minimum absolute atomic E-state index is 0.504. The van der Waals surface area contributed by atoms with Gasteiger partial charge in [0.25, 0.3) is 0 Å². The van der Waals surface area contributed by atoms with E-state index in [4.69, 9.17) is 0 Å². The molecule has 3 aromatic carbocycles. The molecule has 1 heteroatoms. The number of benzene rings is 3. The van der Waals surface area contributed by atoms with Gasteiger partial charge in [-0.3, -0.25) is 0 Å². The van der Waals surface area contributed by atoms with Crippen molar-refractivity contribution in [3.63, 3.8) is 0 Å². The molecule has 3 rings (SSSR count). The zero-order valence-electron chi connectivity index (χ0n) is 11.1. The summed E-state index contributed by atoms with van der Waals surface area (Å²) in [6.07, 6.45) is 0. The molecule has 3 aromatic rings. The van der Waals surface area contributed by atoms with Crippen LogP contribution in [0, 0.1) is 6.07 Å². The SMILES string of the molecule is [c]1ccc(-c2ccc([Se]Cc3ccccc3)cc2)cc1. The first-order valence-corrected chi connectivity index (χ1v) is 8.72. The Morgan fingerprint density at radius 2 is 1.35 bits per heavy atom. The van der Waals surface area contributed by atoms with Gasteiger partial charge in [0, 0.05) is 0 Å². The first-order chi connectivity index (χ1) is 9.92. The van der Waals surface area contributed by atoms with Crippen LogP contribution in [0.3, 0.4) is 0 Å². The summed E-state index contributed by atoms with van der Waals surface area (Å²) >= 11 is 0.504. The third-order valence-electron chi connectivity index (χ3n) is 3.15. The van der Waals surface area contributed by atoms with Gasteiger partial charge in [-0.1, -0.05) is 0 Å². The van der Waals surface area contributed by atoms with Gasteiger partial charge >= 0.3 is 126 Å². The molecule has 0 spiro atoms. The van der Waals surface area contributed by atoms with Crippen LogP contribution < -0.4 is 4.46 Å². The van der Waals surface area contributed by atoms with Crippen molar-refractivity contribution >= 4 is 19.4 Å². The van der Waals surface area contributed by atoms with Crippen molar-refractivity contribution in [2.75, 3.05) is 0 Å². The van der Waals surface area contributed by atoms with E-state index in [9.17, 15) is 0 Å². The van der Waals surface area contributed by atoms with Gasteiger partial charge in [-0.25, -0.2) is 0 Å². The monoisotopic (exact) mass is 323 g/mol. The first kappa shape index (κ1) is 13.2. The fraction of sp³-hybridized carbons (Fsp3) is 0.0526. The van der Waals surface area contributed by atoms with Crippen LogP contribution in [0.25, 0.3) is 11.1 Å². The fourth-order valence-electron chi connectivity index (χ4n) is 2.06. The zero-order chi connectivity index (χ0) is 13.6. The van der Waals surface area contributed by atoms with E-state index in [0.717, 1.165) is 5.32 Å². The molecule has 0 saturated heterocycles. The Balaban J connectivity index is 1.68. The van der Waals surface area contributed by atoms with Gasteiger partial charge in [-0.05, 0) is 0 Å². The van der Waals surface area contributed by atoms with Crippen LogP contribution in [-0.2, 0) is 5.32 Å². The number of hydrogen-bond acceptors (Lipinski definition) is 0. The average molecular weight is 322 g/mol. The molecule has 97 valence electrons. The zero-order valence-corrected chi connectivity index (χ0v) is 12.8. The molecule has 0 aliphatic heterocycles. The summed E-state index contributed by atoms with van der Waals surface area (Å²) in [7, 11) is 0. The van der Waals surface area contributed by atoms with Gasteiger partial charge in [-0.2, -0.15) is 0 Å². The maximum atomic E-state index is 3.06. The van der Waals surface area contributed by atoms with E-state index in [1.807, 2.05) is 12.1 Å². The van der Waals surface area contributed by atoms with Gasteiger partial charge in [0.15, 0.2) is 0 Å². The molecule has 0 unspecified atom stereocenters. The van der Waals surface area contributed by atoms with E-state index in [1.54, 1.807) is 0 Å². The van der Waals surface area contributed by atoms with E-state index < -0.39 is 0 Å². The predicted molar refractivity (Wildman–Crippen MR) is 86.2 cm³/mol. The molecular weight excluding hydrogens is 307 g/mol. The standard InChI is InChI=1S/C19H15Se/c1-3-7-16(8-4-1)15-20-19-13-11-18(12-14-19)17-9-5-2-6-10-17/h1,3-14H,15H2. The second-order valence-electron chi connectivity index (χ2n) is 4.59. The Bertz CT molecular complexity index is 642. The van der Waals surface area contributed by atoms with Gasteiger partial charge in [-0.15, -0.1) is 0 Å². The summed E-state index contributed by atoms with van der Waals surface area (Å²) in [6.45, 7) is 0. The summed E-state index contributed by atoms with van der Waals surface area (Å²) in [6, 6.07) is 30.8. The van der Waals surface area contributed by atoms with Gasteiger partial charge in [0.2, 0.25) is 0 Å². The van der Waals surface area contributed by atoms with Crippen LogP contribution in [0.5, 0.6) is 0 Å². The normalized spacial score (nSPS) is 10.4. The molecule has 1 radical (unpaired) electrons. The second kappa shape index (κ2) is 6.56. The number of rotatable bonds is 4. The van der Waals surface area contributed by atoms with Crippen LogP contribution in [0.15, 0.2) is 78.9 Å². The summed E-state index contributed by atoms with van der Waals surface area (Å²) < 4.78 is 1.45. The molecule has 0 bridgehead atoms.